The Morgan fingerprint density at radius 1 is 1.00 bits per heavy atom. The van der Waals surface area contributed by atoms with Crippen molar-refractivity contribution in [1.29, 1.82) is 0 Å². The molecule has 0 amide bonds. The number of rotatable bonds is 3. The van der Waals surface area contributed by atoms with E-state index in [0.29, 0.717) is 12.0 Å². The summed E-state index contributed by atoms with van der Waals surface area (Å²) in [6.07, 6.45) is 7.98. The summed E-state index contributed by atoms with van der Waals surface area (Å²) in [4.78, 5) is 14.4. The minimum atomic E-state index is 0.495. The Hall–Kier alpha value is -2.99. The third-order valence-electron chi connectivity index (χ3n) is 6.97. The third kappa shape index (κ3) is 3.35. The summed E-state index contributed by atoms with van der Waals surface area (Å²) in [6.45, 7) is 4.21. The molecule has 1 aliphatic heterocycles. The van der Waals surface area contributed by atoms with Crippen LogP contribution in [0, 0.1) is 5.92 Å². The summed E-state index contributed by atoms with van der Waals surface area (Å²) in [5.41, 5.74) is 4.73. The van der Waals surface area contributed by atoms with Gasteiger partial charge in [-0.2, -0.15) is 4.98 Å². The van der Waals surface area contributed by atoms with Gasteiger partial charge in [-0.15, -0.1) is 0 Å². The molecule has 2 N–H and O–H groups in total. The van der Waals surface area contributed by atoms with Gasteiger partial charge in [-0.1, -0.05) is 31.2 Å². The highest BCUT2D eigenvalue weighted by Crippen LogP contribution is 2.38. The van der Waals surface area contributed by atoms with Crippen LogP contribution >= 0.6 is 0 Å². The van der Waals surface area contributed by atoms with Gasteiger partial charge in [0.2, 0.25) is 5.95 Å². The number of fused-ring (bicyclic) bond motifs is 4. The van der Waals surface area contributed by atoms with Gasteiger partial charge in [-0.3, -0.25) is 0 Å². The zero-order valence-corrected chi connectivity index (χ0v) is 17.9. The van der Waals surface area contributed by atoms with Gasteiger partial charge >= 0.3 is 0 Å². The Labute approximate surface area is 182 Å². The standard InChI is InChI=1S/C25H28N6/c1-16-6-9-18(10-7-16)31-22-5-3-2-4-19(22)20-14-27-25(30-24(20)31)29-23-11-8-17-12-13-26-15-21(17)28-23/h2-5,8,11,14,16,18,26H,6-7,9-10,12-13,15H2,1H3,(H,27,28,29,30)/t16-,18-. The predicted octanol–water partition coefficient (Wildman–Crippen LogP) is 5.12. The van der Waals surface area contributed by atoms with Crippen molar-refractivity contribution in [3.63, 3.8) is 0 Å². The monoisotopic (exact) mass is 412 g/mol. The predicted molar refractivity (Wildman–Crippen MR) is 125 cm³/mol. The number of nitrogens with one attached hydrogen (secondary N) is 2. The van der Waals surface area contributed by atoms with E-state index in [-0.39, 0.29) is 0 Å². The quantitative estimate of drug-likeness (QED) is 0.489. The molecule has 0 radical (unpaired) electrons. The zero-order valence-electron chi connectivity index (χ0n) is 17.9. The van der Waals surface area contributed by atoms with Gasteiger partial charge < -0.3 is 15.2 Å². The number of aromatic nitrogens is 4. The first-order valence-corrected chi connectivity index (χ1v) is 11.5. The zero-order chi connectivity index (χ0) is 20.8. The third-order valence-corrected chi connectivity index (χ3v) is 6.97. The number of nitrogens with zero attached hydrogens (tertiary/aromatic N) is 4. The maximum Gasteiger partial charge on any atom is 0.230 e. The summed E-state index contributed by atoms with van der Waals surface area (Å²) >= 11 is 0. The lowest BCUT2D eigenvalue weighted by Crippen LogP contribution is -2.24. The molecule has 1 aliphatic carbocycles. The molecule has 0 saturated heterocycles. The fourth-order valence-corrected chi connectivity index (χ4v) is 5.23. The Kier molecular flexibility index (Phi) is 4.60. The highest BCUT2D eigenvalue weighted by atomic mass is 15.2. The van der Waals surface area contributed by atoms with Crippen LogP contribution in [-0.4, -0.2) is 26.1 Å². The molecule has 31 heavy (non-hydrogen) atoms. The highest BCUT2D eigenvalue weighted by molar-refractivity contribution is 6.06. The Balaban J connectivity index is 1.41. The molecule has 1 fully saturated rings. The maximum atomic E-state index is 5.00. The second kappa shape index (κ2) is 7.61. The normalized spacial score (nSPS) is 21.3. The highest BCUT2D eigenvalue weighted by Gasteiger charge is 2.24. The van der Waals surface area contributed by atoms with Crippen molar-refractivity contribution < 1.29 is 0 Å². The van der Waals surface area contributed by atoms with Gasteiger partial charge in [-0.05, 0) is 62.3 Å². The van der Waals surface area contributed by atoms with Gasteiger partial charge in [0.1, 0.15) is 11.5 Å². The molecule has 0 atom stereocenters. The molecule has 2 aliphatic rings. The number of benzene rings is 1. The van der Waals surface area contributed by atoms with Crippen molar-refractivity contribution in [3.05, 3.63) is 53.9 Å². The average molecular weight is 413 g/mol. The molecule has 0 spiro atoms. The largest absolute Gasteiger partial charge is 0.322 e. The van der Waals surface area contributed by atoms with Crippen LogP contribution < -0.4 is 10.6 Å². The molecular weight excluding hydrogens is 384 g/mol. The summed E-state index contributed by atoms with van der Waals surface area (Å²) < 4.78 is 2.47. The van der Waals surface area contributed by atoms with E-state index in [9.17, 15) is 0 Å². The van der Waals surface area contributed by atoms with Crippen LogP contribution in [0.2, 0.25) is 0 Å². The van der Waals surface area contributed by atoms with Crippen LogP contribution in [-0.2, 0) is 13.0 Å². The molecule has 4 heterocycles. The molecule has 0 bridgehead atoms. The second-order valence-electron chi connectivity index (χ2n) is 9.09. The molecule has 3 aromatic heterocycles. The van der Waals surface area contributed by atoms with Crippen molar-refractivity contribution in [3.8, 4) is 0 Å². The van der Waals surface area contributed by atoms with Gasteiger partial charge in [0.05, 0.1) is 11.2 Å². The minimum Gasteiger partial charge on any atom is -0.322 e. The fraction of sp³-hybridized carbons (Fsp3) is 0.400. The first-order valence-electron chi connectivity index (χ1n) is 11.5. The van der Waals surface area contributed by atoms with Gasteiger partial charge in [0, 0.05) is 29.6 Å². The van der Waals surface area contributed by atoms with Crippen LogP contribution in [0.15, 0.2) is 42.6 Å². The van der Waals surface area contributed by atoms with Crippen molar-refractivity contribution in [2.75, 3.05) is 11.9 Å². The number of para-hydroxylation sites is 1. The number of hydrogen-bond donors (Lipinski definition) is 2. The van der Waals surface area contributed by atoms with Crippen LogP contribution in [0.4, 0.5) is 11.8 Å². The van der Waals surface area contributed by atoms with Crippen LogP contribution in [0.1, 0.15) is 49.9 Å². The fourth-order valence-electron chi connectivity index (χ4n) is 5.23. The smallest absolute Gasteiger partial charge is 0.230 e. The van der Waals surface area contributed by atoms with Crippen LogP contribution in [0.3, 0.4) is 0 Å². The Morgan fingerprint density at radius 2 is 1.87 bits per heavy atom. The second-order valence-corrected chi connectivity index (χ2v) is 9.09. The summed E-state index contributed by atoms with van der Waals surface area (Å²) in [5, 5.41) is 9.11. The topological polar surface area (TPSA) is 67.7 Å². The van der Waals surface area contributed by atoms with Crippen molar-refractivity contribution >= 4 is 33.7 Å². The van der Waals surface area contributed by atoms with E-state index in [1.165, 1.54) is 42.1 Å². The first-order chi connectivity index (χ1) is 15.3. The van der Waals surface area contributed by atoms with Crippen molar-refractivity contribution in [2.45, 2.75) is 51.6 Å². The molecule has 158 valence electrons. The Morgan fingerprint density at radius 3 is 2.77 bits per heavy atom. The van der Waals surface area contributed by atoms with E-state index in [4.69, 9.17) is 9.97 Å². The Bertz CT molecular complexity index is 1250. The maximum absolute atomic E-state index is 5.00. The number of anilines is 2. The van der Waals surface area contributed by atoms with E-state index >= 15 is 0 Å². The number of pyridine rings is 1. The van der Waals surface area contributed by atoms with E-state index in [1.807, 2.05) is 12.3 Å². The van der Waals surface area contributed by atoms with E-state index < -0.39 is 0 Å². The molecule has 6 nitrogen and oxygen atoms in total. The van der Waals surface area contributed by atoms with Gasteiger partial charge in [0.25, 0.3) is 0 Å². The lowest BCUT2D eigenvalue weighted by molar-refractivity contribution is 0.298. The number of hydrogen-bond acceptors (Lipinski definition) is 5. The molecule has 6 rings (SSSR count). The van der Waals surface area contributed by atoms with Gasteiger partial charge in [-0.25, -0.2) is 9.97 Å². The molecule has 1 saturated carbocycles. The SMILES string of the molecule is C[C@H]1CC[C@H](n2c3ccccc3c3cnc(Nc4ccc5c(n4)CNCC5)nc32)CC1. The molecule has 0 unspecified atom stereocenters. The van der Waals surface area contributed by atoms with Crippen molar-refractivity contribution in [2.24, 2.45) is 5.92 Å². The van der Waals surface area contributed by atoms with Gasteiger partial charge in [0.15, 0.2) is 0 Å². The summed E-state index contributed by atoms with van der Waals surface area (Å²) in [7, 11) is 0. The lowest BCUT2D eigenvalue weighted by atomic mass is 9.87. The van der Waals surface area contributed by atoms with Crippen LogP contribution in [0.5, 0.6) is 0 Å². The molecule has 4 aromatic rings. The lowest BCUT2D eigenvalue weighted by Gasteiger charge is -2.28. The van der Waals surface area contributed by atoms with Crippen LogP contribution in [0.25, 0.3) is 21.9 Å². The molecular formula is C25H28N6. The van der Waals surface area contributed by atoms with E-state index in [0.717, 1.165) is 48.0 Å². The summed E-state index contributed by atoms with van der Waals surface area (Å²) in [6, 6.07) is 13.3. The minimum absolute atomic E-state index is 0.495. The first kappa shape index (κ1) is 18.8. The van der Waals surface area contributed by atoms with E-state index in [1.54, 1.807) is 0 Å². The molecule has 6 heteroatoms. The van der Waals surface area contributed by atoms with E-state index in [2.05, 4.69) is 57.4 Å². The average Bonchev–Trinajstić information content (AvgIpc) is 3.13. The summed E-state index contributed by atoms with van der Waals surface area (Å²) in [5.74, 6) is 2.23. The molecule has 1 aromatic carbocycles. The van der Waals surface area contributed by atoms with Crippen molar-refractivity contribution in [1.82, 2.24) is 24.8 Å².